The van der Waals surface area contributed by atoms with Gasteiger partial charge in [0.1, 0.15) is 17.5 Å². The number of carboxylic acid groups (broad SMARTS) is 1. The number of carboxylic acids is 1. The van der Waals surface area contributed by atoms with E-state index in [9.17, 15) is 14.7 Å². The fourth-order valence-electron chi connectivity index (χ4n) is 4.42. The van der Waals surface area contributed by atoms with Gasteiger partial charge in [-0.3, -0.25) is 9.78 Å². The number of H-pyrrole nitrogens is 1. The monoisotopic (exact) mass is 528 g/mol. The number of benzene rings is 2. The van der Waals surface area contributed by atoms with Crippen molar-refractivity contribution < 1.29 is 19.4 Å². The van der Waals surface area contributed by atoms with Crippen LogP contribution in [0.15, 0.2) is 67.0 Å². The number of carbonyl (C=O) groups is 2. The number of nitrogens with zero attached hydrogens (tertiary/aromatic N) is 5. The number of aromatic nitrogens is 5. The molecule has 0 fully saturated rings. The Labute approximate surface area is 227 Å². The Bertz CT molecular complexity index is 1370. The van der Waals surface area contributed by atoms with Crippen LogP contribution in [0.3, 0.4) is 0 Å². The molecule has 0 spiro atoms. The Hall–Kier alpha value is -4.60. The molecule has 10 heteroatoms. The van der Waals surface area contributed by atoms with E-state index in [1.165, 1.54) is 4.90 Å². The van der Waals surface area contributed by atoms with E-state index >= 15 is 0 Å². The highest BCUT2D eigenvalue weighted by Crippen LogP contribution is 2.35. The minimum absolute atomic E-state index is 0.151. The van der Waals surface area contributed by atoms with Crippen LogP contribution in [0.2, 0.25) is 0 Å². The van der Waals surface area contributed by atoms with E-state index in [2.05, 4.69) is 25.6 Å². The Balaban J connectivity index is 1.65. The predicted octanol–water partition coefficient (Wildman–Crippen LogP) is 5.35. The minimum Gasteiger partial charge on any atom is -0.480 e. The summed E-state index contributed by atoms with van der Waals surface area (Å²) in [6.45, 7) is 5.86. The maximum Gasteiger partial charge on any atom is 0.326 e. The quantitative estimate of drug-likeness (QED) is 0.251. The molecule has 202 valence electrons. The summed E-state index contributed by atoms with van der Waals surface area (Å²) in [5.74, 6) is 0.284. The van der Waals surface area contributed by atoms with Gasteiger partial charge >= 0.3 is 5.97 Å². The molecule has 4 aromatic rings. The Morgan fingerprint density at radius 1 is 1.05 bits per heavy atom. The summed E-state index contributed by atoms with van der Waals surface area (Å²) in [6.07, 6.45) is 5.21. The second kappa shape index (κ2) is 12.8. The fourth-order valence-corrected chi connectivity index (χ4v) is 4.42. The van der Waals surface area contributed by atoms with Crippen molar-refractivity contribution in [3.8, 4) is 34.0 Å². The number of hydrogen-bond donors (Lipinski definition) is 2. The van der Waals surface area contributed by atoms with Gasteiger partial charge in [0, 0.05) is 24.7 Å². The maximum absolute atomic E-state index is 13.0. The Morgan fingerprint density at radius 3 is 2.46 bits per heavy atom. The molecule has 0 aliphatic rings. The van der Waals surface area contributed by atoms with Crippen LogP contribution in [0.5, 0.6) is 11.5 Å². The summed E-state index contributed by atoms with van der Waals surface area (Å²) in [6, 6.07) is 16.0. The number of hydrogen-bond acceptors (Lipinski definition) is 7. The van der Waals surface area contributed by atoms with Crippen molar-refractivity contribution in [3.63, 3.8) is 0 Å². The van der Waals surface area contributed by atoms with Crippen molar-refractivity contribution in [3.05, 3.63) is 72.6 Å². The SMILES string of the molecule is CCCCC(=O)N(Cc1ccc(-c2cc(Oc3cccnc3)ccc2-c2nn[nH]n2)cc1)C(C(=O)O)C(C)C. The number of ether oxygens (including phenoxy) is 1. The number of tetrazole rings is 1. The van der Waals surface area contributed by atoms with E-state index in [4.69, 9.17) is 4.74 Å². The van der Waals surface area contributed by atoms with E-state index in [1.807, 2.05) is 69.3 Å². The van der Waals surface area contributed by atoms with E-state index in [-0.39, 0.29) is 18.4 Å². The standard InChI is InChI=1S/C29H32N6O4/c1-4-5-8-26(36)35(27(19(2)3)29(37)38)18-20-9-11-21(12-10-20)25-16-22(39-23-7-6-15-30-17-23)13-14-24(25)28-31-33-34-32-28/h6-7,9-17,19,27H,4-5,8,18H2,1-3H3,(H,37,38)(H,31,32,33,34). The van der Waals surface area contributed by atoms with Gasteiger partial charge in [-0.25, -0.2) is 4.79 Å². The van der Waals surface area contributed by atoms with Crippen LogP contribution < -0.4 is 4.74 Å². The second-order valence-corrected chi connectivity index (χ2v) is 9.58. The van der Waals surface area contributed by atoms with Gasteiger partial charge in [-0.2, -0.15) is 5.21 Å². The van der Waals surface area contributed by atoms with Crippen molar-refractivity contribution in [1.82, 2.24) is 30.5 Å². The molecule has 4 rings (SSSR count). The van der Waals surface area contributed by atoms with Gasteiger partial charge in [-0.1, -0.05) is 51.5 Å². The third-order valence-electron chi connectivity index (χ3n) is 6.35. The van der Waals surface area contributed by atoms with Gasteiger partial charge in [0.15, 0.2) is 0 Å². The molecule has 0 radical (unpaired) electrons. The molecular formula is C29H32N6O4. The highest BCUT2D eigenvalue weighted by atomic mass is 16.5. The van der Waals surface area contributed by atoms with Crippen LogP contribution in [0.25, 0.3) is 22.5 Å². The van der Waals surface area contributed by atoms with E-state index in [0.29, 0.717) is 23.7 Å². The first-order chi connectivity index (χ1) is 18.9. The van der Waals surface area contributed by atoms with Gasteiger partial charge in [0.05, 0.1) is 6.20 Å². The molecule has 0 aliphatic carbocycles. The maximum atomic E-state index is 13.0. The van der Waals surface area contributed by atoms with Crippen molar-refractivity contribution in [2.45, 2.75) is 52.6 Å². The summed E-state index contributed by atoms with van der Waals surface area (Å²) in [7, 11) is 0. The first kappa shape index (κ1) is 27.4. The lowest BCUT2D eigenvalue weighted by Gasteiger charge is -2.32. The molecule has 1 unspecified atom stereocenters. The molecule has 2 heterocycles. The molecule has 1 atom stereocenters. The van der Waals surface area contributed by atoms with Gasteiger partial charge in [0.25, 0.3) is 0 Å². The fraction of sp³-hybridized carbons (Fsp3) is 0.310. The molecule has 10 nitrogen and oxygen atoms in total. The molecule has 2 aromatic carbocycles. The summed E-state index contributed by atoms with van der Waals surface area (Å²) < 4.78 is 5.99. The van der Waals surface area contributed by atoms with Gasteiger partial charge < -0.3 is 14.7 Å². The van der Waals surface area contributed by atoms with Crippen molar-refractivity contribution in [2.75, 3.05) is 0 Å². The Kier molecular flexibility index (Phi) is 8.98. The molecule has 2 N–H and O–H groups in total. The zero-order valence-electron chi connectivity index (χ0n) is 22.2. The number of rotatable bonds is 12. The van der Waals surface area contributed by atoms with E-state index in [0.717, 1.165) is 35.1 Å². The van der Waals surface area contributed by atoms with Crippen LogP contribution in [-0.2, 0) is 16.1 Å². The topological polar surface area (TPSA) is 134 Å². The minimum atomic E-state index is -0.998. The van der Waals surface area contributed by atoms with Crippen molar-refractivity contribution in [1.29, 1.82) is 0 Å². The third kappa shape index (κ3) is 6.84. The first-order valence-corrected chi connectivity index (χ1v) is 12.9. The summed E-state index contributed by atoms with van der Waals surface area (Å²) in [5, 5.41) is 24.3. The molecule has 2 aromatic heterocycles. The average molecular weight is 529 g/mol. The van der Waals surface area contributed by atoms with Crippen LogP contribution in [0.4, 0.5) is 0 Å². The van der Waals surface area contributed by atoms with E-state index < -0.39 is 12.0 Å². The average Bonchev–Trinajstić information content (AvgIpc) is 3.47. The molecule has 0 saturated heterocycles. The second-order valence-electron chi connectivity index (χ2n) is 9.58. The Morgan fingerprint density at radius 2 is 1.85 bits per heavy atom. The van der Waals surface area contributed by atoms with Crippen molar-refractivity contribution >= 4 is 11.9 Å². The molecule has 1 amide bonds. The number of unbranched alkanes of at least 4 members (excludes halogenated alkanes) is 1. The summed E-state index contributed by atoms with van der Waals surface area (Å²) in [4.78, 5) is 30.7. The molecule has 39 heavy (non-hydrogen) atoms. The van der Waals surface area contributed by atoms with Gasteiger partial charge in [-0.05, 0) is 64.6 Å². The molecule has 0 saturated carbocycles. The largest absolute Gasteiger partial charge is 0.480 e. The highest BCUT2D eigenvalue weighted by Gasteiger charge is 2.32. The van der Waals surface area contributed by atoms with Gasteiger partial charge in [-0.15, -0.1) is 10.2 Å². The lowest BCUT2D eigenvalue weighted by Crippen LogP contribution is -2.47. The predicted molar refractivity (Wildman–Crippen MR) is 146 cm³/mol. The number of nitrogens with one attached hydrogen (secondary N) is 1. The number of pyridine rings is 1. The van der Waals surface area contributed by atoms with Crippen LogP contribution in [-0.4, -0.2) is 53.5 Å². The lowest BCUT2D eigenvalue weighted by molar-refractivity contribution is -0.153. The van der Waals surface area contributed by atoms with Crippen molar-refractivity contribution in [2.24, 2.45) is 5.92 Å². The number of aromatic amines is 1. The zero-order chi connectivity index (χ0) is 27.8. The van der Waals surface area contributed by atoms with Crippen LogP contribution >= 0.6 is 0 Å². The zero-order valence-corrected chi connectivity index (χ0v) is 22.2. The number of carbonyl (C=O) groups excluding carboxylic acids is 1. The molecule has 0 aliphatic heterocycles. The third-order valence-corrected chi connectivity index (χ3v) is 6.35. The lowest BCUT2D eigenvalue weighted by atomic mass is 9.97. The van der Waals surface area contributed by atoms with Crippen LogP contribution in [0.1, 0.15) is 45.6 Å². The first-order valence-electron chi connectivity index (χ1n) is 12.9. The molecule has 0 bridgehead atoms. The normalized spacial score (nSPS) is 11.8. The summed E-state index contributed by atoms with van der Waals surface area (Å²) >= 11 is 0. The van der Waals surface area contributed by atoms with E-state index in [1.54, 1.807) is 18.5 Å². The number of amides is 1. The smallest absolute Gasteiger partial charge is 0.326 e. The van der Waals surface area contributed by atoms with Crippen LogP contribution in [0, 0.1) is 5.92 Å². The van der Waals surface area contributed by atoms with Gasteiger partial charge in [0.2, 0.25) is 11.7 Å². The highest BCUT2D eigenvalue weighted by molar-refractivity contribution is 5.84. The molecular weight excluding hydrogens is 496 g/mol. The summed E-state index contributed by atoms with van der Waals surface area (Å²) in [5.41, 5.74) is 3.29. The number of aliphatic carboxylic acids is 1.